The van der Waals surface area contributed by atoms with E-state index in [0.29, 0.717) is 22.6 Å². The number of aryl methyl sites for hydroxylation is 1. The molecule has 10 heteroatoms. The first-order valence-electron chi connectivity index (χ1n) is 11.1. The van der Waals surface area contributed by atoms with Crippen molar-refractivity contribution in [2.75, 3.05) is 37.0 Å². The summed E-state index contributed by atoms with van der Waals surface area (Å²) in [4.78, 5) is 25.0. The van der Waals surface area contributed by atoms with Gasteiger partial charge in [-0.1, -0.05) is 12.1 Å². The fourth-order valence-corrected chi connectivity index (χ4v) is 4.91. The molecule has 3 aromatic carbocycles. The number of nitrogens with zero attached hydrogens (tertiary/aromatic N) is 1. The van der Waals surface area contributed by atoms with Gasteiger partial charge in [0, 0.05) is 5.69 Å². The van der Waals surface area contributed by atoms with Gasteiger partial charge in [0.2, 0.25) is 5.91 Å². The molecule has 0 atom stereocenters. The third-order valence-electron chi connectivity index (χ3n) is 5.30. The fourth-order valence-electron chi connectivity index (χ4n) is 3.48. The molecule has 1 N–H and O–H groups in total. The molecule has 0 saturated carbocycles. The highest BCUT2D eigenvalue weighted by Gasteiger charge is 2.29. The number of para-hydroxylation sites is 2. The van der Waals surface area contributed by atoms with E-state index < -0.39 is 28.4 Å². The van der Waals surface area contributed by atoms with Crippen molar-refractivity contribution >= 4 is 33.3 Å². The molecular weight excluding hydrogens is 484 g/mol. The summed E-state index contributed by atoms with van der Waals surface area (Å²) >= 11 is 0. The maximum Gasteiger partial charge on any atom is 0.338 e. The minimum absolute atomic E-state index is 0.0167. The van der Waals surface area contributed by atoms with Crippen LogP contribution in [0.3, 0.4) is 0 Å². The molecule has 36 heavy (non-hydrogen) atoms. The van der Waals surface area contributed by atoms with Crippen LogP contribution in [0.1, 0.15) is 22.8 Å². The van der Waals surface area contributed by atoms with Crippen molar-refractivity contribution in [3.63, 3.8) is 0 Å². The average molecular weight is 513 g/mol. The van der Waals surface area contributed by atoms with Gasteiger partial charge in [0.15, 0.2) is 0 Å². The van der Waals surface area contributed by atoms with E-state index in [0.717, 1.165) is 4.31 Å². The second-order valence-electron chi connectivity index (χ2n) is 7.66. The molecule has 0 aliphatic rings. The molecular formula is C26H28N2O7S. The Balaban J connectivity index is 1.93. The van der Waals surface area contributed by atoms with Gasteiger partial charge in [0.1, 0.15) is 18.0 Å². The van der Waals surface area contributed by atoms with Gasteiger partial charge in [-0.15, -0.1) is 0 Å². The van der Waals surface area contributed by atoms with Gasteiger partial charge < -0.3 is 19.5 Å². The number of hydrogen-bond acceptors (Lipinski definition) is 7. The molecule has 0 aromatic heterocycles. The Hall–Kier alpha value is -4.05. The van der Waals surface area contributed by atoms with Crippen LogP contribution in [0.2, 0.25) is 0 Å². The third kappa shape index (κ3) is 5.95. The van der Waals surface area contributed by atoms with Crippen LogP contribution in [0.4, 0.5) is 11.4 Å². The van der Waals surface area contributed by atoms with E-state index >= 15 is 0 Å². The van der Waals surface area contributed by atoms with Crippen molar-refractivity contribution in [2.45, 2.75) is 18.7 Å². The Labute approximate surface area is 210 Å². The zero-order chi connectivity index (χ0) is 26.3. The minimum Gasteiger partial charge on any atom is -0.497 e. The van der Waals surface area contributed by atoms with E-state index in [4.69, 9.17) is 14.2 Å². The summed E-state index contributed by atoms with van der Waals surface area (Å²) in [6.07, 6.45) is 0. The van der Waals surface area contributed by atoms with Crippen LogP contribution in [0.15, 0.2) is 71.6 Å². The number of rotatable bonds is 10. The topological polar surface area (TPSA) is 111 Å². The van der Waals surface area contributed by atoms with Gasteiger partial charge in [-0.05, 0) is 74.0 Å². The lowest BCUT2D eigenvalue weighted by molar-refractivity contribution is -0.114. The Morgan fingerprint density at radius 2 is 1.64 bits per heavy atom. The number of benzene rings is 3. The van der Waals surface area contributed by atoms with E-state index in [1.807, 2.05) is 0 Å². The lowest BCUT2D eigenvalue weighted by atomic mass is 10.1. The number of carbonyl (C=O) groups excluding carboxylic acids is 2. The summed E-state index contributed by atoms with van der Waals surface area (Å²) in [5.41, 5.74) is 1.62. The predicted octanol–water partition coefficient (Wildman–Crippen LogP) is 4.02. The van der Waals surface area contributed by atoms with Crippen molar-refractivity contribution in [2.24, 2.45) is 0 Å². The molecule has 0 heterocycles. The fraction of sp³-hybridized carbons (Fsp3) is 0.231. The van der Waals surface area contributed by atoms with Gasteiger partial charge in [-0.2, -0.15) is 0 Å². The number of ether oxygens (including phenoxy) is 3. The number of amides is 1. The Kier molecular flexibility index (Phi) is 8.55. The first-order chi connectivity index (χ1) is 17.2. The summed E-state index contributed by atoms with van der Waals surface area (Å²) in [6, 6.07) is 17.1. The SMILES string of the molecule is CCOC(=O)c1ccc(NC(=O)CN(c2ccccc2OC)S(=O)(=O)c2ccc(OC)cc2)c(C)c1. The van der Waals surface area contributed by atoms with Crippen molar-refractivity contribution in [1.29, 1.82) is 0 Å². The van der Waals surface area contributed by atoms with Gasteiger partial charge in [0.25, 0.3) is 10.0 Å². The lowest BCUT2D eigenvalue weighted by Gasteiger charge is -2.25. The molecule has 190 valence electrons. The van der Waals surface area contributed by atoms with E-state index in [-0.39, 0.29) is 22.9 Å². The Morgan fingerprint density at radius 1 is 0.944 bits per heavy atom. The molecule has 3 rings (SSSR count). The number of hydrogen-bond donors (Lipinski definition) is 1. The molecule has 0 spiro atoms. The summed E-state index contributed by atoms with van der Waals surface area (Å²) in [6.45, 7) is 3.17. The van der Waals surface area contributed by atoms with Crippen molar-refractivity contribution < 1.29 is 32.2 Å². The molecule has 9 nitrogen and oxygen atoms in total. The summed E-state index contributed by atoms with van der Waals surface area (Å²) in [5, 5.41) is 2.73. The maximum atomic E-state index is 13.6. The number of anilines is 2. The van der Waals surface area contributed by atoms with Crippen molar-refractivity contribution in [1.82, 2.24) is 0 Å². The van der Waals surface area contributed by atoms with Crippen LogP contribution >= 0.6 is 0 Å². The summed E-state index contributed by atoms with van der Waals surface area (Å²) < 4.78 is 43.8. The normalized spacial score (nSPS) is 10.9. The molecule has 0 aliphatic carbocycles. The molecule has 0 unspecified atom stereocenters. The number of methoxy groups -OCH3 is 2. The van der Waals surface area contributed by atoms with Crippen LogP contribution in [-0.4, -0.2) is 47.7 Å². The van der Waals surface area contributed by atoms with Gasteiger partial charge in [0.05, 0.1) is 37.0 Å². The second-order valence-corrected chi connectivity index (χ2v) is 9.52. The highest BCUT2D eigenvalue weighted by molar-refractivity contribution is 7.92. The monoisotopic (exact) mass is 512 g/mol. The second kappa shape index (κ2) is 11.6. The average Bonchev–Trinajstić information content (AvgIpc) is 2.88. The molecule has 0 saturated heterocycles. The summed E-state index contributed by atoms with van der Waals surface area (Å²) in [7, 11) is -1.25. The first-order valence-corrected chi connectivity index (χ1v) is 12.5. The smallest absolute Gasteiger partial charge is 0.338 e. The number of nitrogens with one attached hydrogen (secondary N) is 1. The quantitative estimate of drug-likeness (QED) is 0.409. The van der Waals surface area contributed by atoms with E-state index in [9.17, 15) is 18.0 Å². The van der Waals surface area contributed by atoms with Crippen LogP contribution < -0.4 is 19.1 Å². The van der Waals surface area contributed by atoms with Gasteiger partial charge in [-0.25, -0.2) is 13.2 Å². The molecule has 0 radical (unpaired) electrons. The predicted molar refractivity (Wildman–Crippen MR) is 136 cm³/mol. The number of sulfonamides is 1. The zero-order valence-corrected chi connectivity index (χ0v) is 21.3. The van der Waals surface area contributed by atoms with E-state index in [1.165, 1.54) is 44.6 Å². The molecule has 3 aromatic rings. The minimum atomic E-state index is -4.16. The highest BCUT2D eigenvalue weighted by atomic mass is 32.2. The highest BCUT2D eigenvalue weighted by Crippen LogP contribution is 2.32. The van der Waals surface area contributed by atoms with Crippen LogP contribution in [0.25, 0.3) is 0 Å². The molecule has 1 amide bonds. The number of carbonyl (C=O) groups is 2. The third-order valence-corrected chi connectivity index (χ3v) is 7.07. The van der Waals surface area contributed by atoms with E-state index in [1.54, 1.807) is 50.2 Å². The van der Waals surface area contributed by atoms with Crippen molar-refractivity contribution in [3.8, 4) is 11.5 Å². The Bertz CT molecular complexity index is 1340. The van der Waals surface area contributed by atoms with Crippen LogP contribution in [-0.2, 0) is 19.6 Å². The maximum absolute atomic E-state index is 13.6. The zero-order valence-electron chi connectivity index (χ0n) is 20.5. The lowest BCUT2D eigenvalue weighted by Crippen LogP contribution is -2.38. The molecule has 0 bridgehead atoms. The molecule has 0 aliphatic heterocycles. The Morgan fingerprint density at radius 3 is 2.25 bits per heavy atom. The van der Waals surface area contributed by atoms with Gasteiger partial charge in [-0.3, -0.25) is 9.10 Å². The summed E-state index contributed by atoms with van der Waals surface area (Å²) in [5.74, 6) is -0.258. The first kappa shape index (κ1) is 26.6. The van der Waals surface area contributed by atoms with Crippen LogP contribution in [0, 0.1) is 6.92 Å². The van der Waals surface area contributed by atoms with Gasteiger partial charge >= 0.3 is 5.97 Å². The standard InChI is InChI=1S/C26H28N2O7S/c1-5-35-26(30)19-10-15-22(18(2)16-19)27-25(29)17-28(23-8-6-7-9-24(23)34-4)36(31,32)21-13-11-20(33-3)12-14-21/h6-16H,5,17H2,1-4H3,(H,27,29). The van der Waals surface area contributed by atoms with E-state index in [2.05, 4.69) is 5.32 Å². The molecule has 0 fully saturated rings. The van der Waals surface area contributed by atoms with Crippen molar-refractivity contribution in [3.05, 3.63) is 77.9 Å². The van der Waals surface area contributed by atoms with Crippen LogP contribution in [0.5, 0.6) is 11.5 Å². The largest absolute Gasteiger partial charge is 0.497 e. The number of esters is 1.